The summed E-state index contributed by atoms with van der Waals surface area (Å²) in [6.07, 6.45) is 1.92. The van der Waals surface area contributed by atoms with Crippen LogP contribution in [0.1, 0.15) is 36.8 Å². The number of rotatable bonds is 2. The van der Waals surface area contributed by atoms with Crippen molar-refractivity contribution in [2.24, 2.45) is 5.92 Å². The molecule has 1 aromatic rings. The SMILES string of the molecule is Cc1c(Cl)c(Cl)cc(Cl)c1C1C(=O)NC(C)(C2CC2)C1=O. The first-order valence-electron chi connectivity index (χ1n) is 6.77. The first-order valence-corrected chi connectivity index (χ1v) is 7.91. The van der Waals surface area contributed by atoms with Crippen LogP contribution in [0.4, 0.5) is 0 Å². The quantitative estimate of drug-likeness (QED) is 0.652. The summed E-state index contributed by atoms with van der Waals surface area (Å²) >= 11 is 18.4. The van der Waals surface area contributed by atoms with Crippen molar-refractivity contribution in [2.75, 3.05) is 0 Å². The molecule has 3 rings (SSSR count). The first-order chi connectivity index (χ1) is 9.77. The molecule has 2 atom stereocenters. The molecule has 1 aliphatic heterocycles. The summed E-state index contributed by atoms with van der Waals surface area (Å²) in [5.74, 6) is -1.12. The lowest BCUT2D eigenvalue weighted by Crippen LogP contribution is -2.45. The Balaban J connectivity index is 2.11. The Morgan fingerprint density at radius 2 is 1.81 bits per heavy atom. The van der Waals surface area contributed by atoms with Gasteiger partial charge in [0.25, 0.3) is 0 Å². The third-order valence-electron chi connectivity index (χ3n) is 4.56. The molecule has 2 unspecified atom stereocenters. The van der Waals surface area contributed by atoms with E-state index in [1.54, 1.807) is 13.8 Å². The highest BCUT2D eigenvalue weighted by Crippen LogP contribution is 2.47. The van der Waals surface area contributed by atoms with Gasteiger partial charge in [0.2, 0.25) is 5.91 Å². The van der Waals surface area contributed by atoms with Gasteiger partial charge in [-0.25, -0.2) is 0 Å². The normalized spacial score (nSPS) is 28.9. The van der Waals surface area contributed by atoms with E-state index in [0.29, 0.717) is 26.2 Å². The molecule has 1 N–H and O–H groups in total. The van der Waals surface area contributed by atoms with Crippen molar-refractivity contribution >= 4 is 46.5 Å². The van der Waals surface area contributed by atoms with Crippen LogP contribution < -0.4 is 5.32 Å². The zero-order chi connectivity index (χ0) is 15.5. The van der Waals surface area contributed by atoms with E-state index in [1.165, 1.54) is 6.07 Å². The molecule has 1 saturated heterocycles. The molecular formula is C15H14Cl3NO2. The summed E-state index contributed by atoms with van der Waals surface area (Å²) in [5.41, 5.74) is 0.268. The Morgan fingerprint density at radius 3 is 2.38 bits per heavy atom. The third kappa shape index (κ3) is 2.18. The molecule has 0 bridgehead atoms. The molecule has 6 heteroatoms. The van der Waals surface area contributed by atoms with Crippen LogP contribution in [-0.2, 0) is 9.59 Å². The number of nitrogens with one attached hydrogen (secondary N) is 1. The first kappa shape index (κ1) is 15.1. The molecule has 0 spiro atoms. The van der Waals surface area contributed by atoms with E-state index in [-0.39, 0.29) is 17.6 Å². The second-order valence-corrected chi connectivity index (χ2v) is 7.15. The predicted molar refractivity (Wildman–Crippen MR) is 83.2 cm³/mol. The number of ketones is 1. The van der Waals surface area contributed by atoms with Gasteiger partial charge in [-0.15, -0.1) is 0 Å². The Kier molecular flexibility index (Phi) is 3.51. The topological polar surface area (TPSA) is 46.2 Å². The number of carbonyl (C=O) groups excluding carboxylic acids is 2. The van der Waals surface area contributed by atoms with Gasteiger partial charge < -0.3 is 5.32 Å². The molecule has 0 radical (unpaired) electrons. The van der Waals surface area contributed by atoms with Gasteiger partial charge in [0, 0.05) is 5.02 Å². The average molecular weight is 347 g/mol. The third-order valence-corrected chi connectivity index (χ3v) is 5.75. The van der Waals surface area contributed by atoms with Crippen LogP contribution in [0.25, 0.3) is 0 Å². The Labute approximate surface area is 137 Å². The van der Waals surface area contributed by atoms with Gasteiger partial charge in [0.15, 0.2) is 5.78 Å². The van der Waals surface area contributed by atoms with Crippen LogP contribution in [0.3, 0.4) is 0 Å². The lowest BCUT2D eigenvalue weighted by Gasteiger charge is -2.22. The molecule has 1 saturated carbocycles. The fourth-order valence-corrected chi connectivity index (χ4v) is 3.94. The van der Waals surface area contributed by atoms with Crippen molar-refractivity contribution in [3.63, 3.8) is 0 Å². The van der Waals surface area contributed by atoms with Crippen molar-refractivity contribution < 1.29 is 9.59 Å². The molecule has 1 aliphatic carbocycles. The Bertz CT molecular complexity index is 669. The number of halogens is 3. The molecule has 2 fully saturated rings. The molecule has 0 aromatic heterocycles. The number of Topliss-reactive ketones (excluding diaryl/α,β-unsaturated/α-hetero) is 1. The van der Waals surface area contributed by atoms with Crippen LogP contribution in [0.15, 0.2) is 6.07 Å². The molecular weight excluding hydrogens is 333 g/mol. The van der Waals surface area contributed by atoms with E-state index < -0.39 is 11.5 Å². The van der Waals surface area contributed by atoms with Crippen LogP contribution in [0.5, 0.6) is 0 Å². The van der Waals surface area contributed by atoms with E-state index in [0.717, 1.165) is 12.8 Å². The number of amides is 1. The second-order valence-electron chi connectivity index (χ2n) is 5.96. The Morgan fingerprint density at radius 1 is 1.19 bits per heavy atom. The van der Waals surface area contributed by atoms with E-state index in [9.17, 15) is 9.59 Å². The van der Waals surface area contributed by atoms with Crippen molar-refractivity contribution in [3.05, 3.63) is 32.3 Å². The van der Waals surface area contributed by atoms with Crippen LogP contribution in [0.2, 0.25) is 15.1 Å². The highest BCUT2D eigenvalue weighted by molar-refractivity contribution is 6.44. The van der Waals surface area contributed by atoms with E-state index >= 15 is 0 Å². The van der Waals surface area contributed by atoms with E-state index in [2.05, 4.69) is 5.32 Å². The molecule has 2 aliphatic rings. The smallest absolute Gasteiger partial charge is 0.236 e. The maximum absolute atomic E-state index is 12.8. The standard InChI is InChI=1S/C15H14Cl3NO2/c1-6-10(8(16)5-9(17)12(6)18)11-13(20)15(2,7-3-4-7)19-14(11)21/h5,7,11H,3-4H2,1-2H3,(H,19,21). The maximum Gasteiger partial charge on any atom is 0.236 e. The summed E-state index contributed by atoms with van der Waals surface area (Å²) in [6, 6.07) is 1.49. The van der Waals surface area contributed by atoms with Crippen LogP contribution in [0, 0.1) is 12.8 Å². The molecule has 112 valence electrons. The second kappa shape index (κ2) is 4.87. The minimum atomic E-state index is -0.905. The molecule has 3 nitrogen and oxygen atoms in total. The highest BCUT2D eigenvalue weighted by Gasteiger charge is 2.57. The largest absolute Gasteiger partial charge is 0.343 e. The molecule has 21 heavy (non-hydrogen) atoms. The van der Waals surface area contributed by atoms with Crippen molar-refractivity contribution in [3.8, 4) is 0 Å². The minimum Gasteiger partial charge on any atom is -0.343 e. The van der Waals surface area contributed by atoms with Gasteiger partial charge in [0.1, 0.15) is 5.92 Å². The lowest BCUT2D eigenvalue weighted by atomic mass is 9.83. The number of benzene rings is 1. The summed E-state index contributed by atoms with van der Waals surface area (Å²) in [4.78, 5) is 25.2. The highest BCUT2D eigenvalue weighted by atomic mass is 35.5. The summed E-state index contributed by atoms with van der Waals surface area (Å²) < 4.78 is 0. The van der Waals surface area contributed by atoms with Gasteiger partial charge in [-0.05, 0) is 49.8 Å². The van der Waals surface area contributed by atoms with Gasteiger partial charge in [0.05, 0.1) is 15.6 Å². The lowest BCUT2D eigenvalue weighted by molar-refractivity contribution is -0.125. The average Bonchev–Trinajstić information content (AvgIpc) is 3.21. The molecule has 1 amide bonds. The van der Waals surface area contributed by atoms with Crippen molar-refractivity contribution in [2.45, 2.75) is 38.1 Å². The van der Waals surface area contributed by atoms with Gasteiger partial charge in [-0.3, -0.25) is 9.59 Å². The van der Waals surface area contributed by atoms with Gasteiger partial charge in [-0.2, -0.15) is 0 Å². The fourth-order valence-electron chi connectivity index (χ4n) is 3.12. The van der Waals surface area contributed by atoms with Crippen LogP contribution >= 0.6 is 34.8 Å². The maximum atomic E-state index is 12.8. The number of carbonyl (C=O) groups is 2. The van der Waals surface area contributed by atoms with E-state index in [1.807, 2.05) is 0 Å². The zero-order valence-corrected chi connectivity index (χ0v) is 13.9. The van der Waals surface area contributed by atoms with Gasteiger partial charge in [-0.1, -0.05) is 34.8 Å². The number of hydrogen-bond donors (Lipinski definition) is 1. The molecule has 1 heterocycles. The predicted octanol–water partition coefficient (Wildman–Crippen LogP) is 3.91. The van der Waals surface area contributed by atoms with Crippen molar-refractivity contribution in [1.29, 1.82) is 0 Å². The Hall–Kier alpha value is -0.770. The molecule has 1 aromatic carbocycles. The van der Waals surface area contributed by atoms with E-state index in [4.69, 9.17) is 34.8 Å². The summed E-state index contributed by atoms with van der Waals surface area (Å²) in [5, 5.41) is 3.81. The summed E-state index contributed by atoms with van der Waals surface area (Å²) in [6.45, 7) is 3.52. The minimum absolute atomic E-state index is 0.126. The fraction of sp³-hybridized carbons (Fsp3) is 0.467. The zero-order valence-electron chi connectivity index (χ0n) is 11.6. The monoisotopic (exact) mass is 345 g/mol. The van der Waals surface area contributed by atoms with Gasteiger partial charge >= 0.3 is 0 Å². The van der Waals surface area contributed by atoms with Crippen LogP contribution in [-0.4, -0.2) is 17.2 Å². The summed E-state index contributed by atoms with van der Waals surface area (Å²) in [7, 11) is 0. The number of hydrogen-bond acceptors (Lipinski definition) is 2. The van der Waals surface area contributed by atoms with Crippen molar-refractivity contribution in [1.82, 2.24) is 5.32 Å².